The summed E-state index contributed by atoms with van der Waals surface area (Å²) < 4.78 is 17.6. The summed E-state index contributed by atoms with van der Waals surface area (Å²) in [6, 6.07) is 8.09. The molecule has 0 aliphatic rings. The second kappa shape index (κ2) is 8.38. The van der Waals surface area contributed by atoms with E-state index in [2.05, 4.69) is 14.7 Å². The largest absolute Gasteiger partial charge is 0.504 e. The van der Waals surface area contributed by atoms with Gasteiger partial charge in [-0.3, -0.25) is 4.98 Å². The molecule has 0 atom stereocenters. The molecule has 26 heavy (non-hydrogen) atoms. The summed E-state index contributed by atoms with van der Waals surface area (Å²) in [5.41, 5.74) is 2.55. The van der Waals surface area contributed by atoms with Crippen molar-refractivity contribution in [1.82, 2.24) is 9.97 Å². The zero-order chi connectivity index (χ0) is 19.3. The number of aromatic hydroxyl groups is 1. The van der Waals surface area contributed by atoms with Crippen LogP contribution in [-0.2, 0) is 11.2 Å². The first kappa shape index (κ1) is 19.3. The molecule has 0 bridgehead atoms. The Morgan fingerprint density at radius 1 is 1.19 bits per heavy atom. The lowest BCUT2D eigenvalue weighted by Crippen LogP contribution is -2.07. The van der Waals surface area contributed by atoms with Crippen LogP contribution in [0.15, 0.2) is 36.5 Å². The zero-order valence-electron chi connectivity index (χ0n) is 15.2. The number of hydrogen-bond acceptors (Lipinski definition) is 5. The Balaban J connectivity index is 0.00000117. The van der Waals surface area contributed by atoms with Gasteiger partial charge in [-0.25, -0.2) is 14.2 Å². The lowest BCUT2D eigenvalue weighted by atomic mass is 10.0. The molecule has 2 heterocycles. The molecule has 0 saturated heterocycles. The molecule has 6 heteroatoms. The lowest BCUT2D eigenvalue weighted by molar-refractivity contribution is 0.0590. The van der Waals surface area contributed by atoms with E-state index in [0.717, 1.165) is 11.1 Å². The van der Waals surface area contributed by atoms with Crippen LogP contribution >= 0.6 is 0 Å². The molecule has 0 aliphatic heterocycles. The zero-order valence-corrected chi connectivity index (χ0v) is 15.2. The molecular formula is C20H21FN2O3. The predicted molar refractivity (Wildman–Crippen MR) is 97.8 cm³/mol. The monoisotopic (exact) mass is 356 g/mol. The van der Waals surface area contributed by atoms with Crippen LogP contribution in [0.5, 0.6) is 5.75 Å². The molecule has 0 aliphatic carbocycles. The summed E-state index contributed by atoms with van der Waals surface area (Å²) >= 11 is 0. The van der Waals surface area contributed by atoms with Crippen molar-refractivity contribution < 1.29 is 19.0 Å². The van der Waals surface area contributed by atoms with E-state index in [0.29, 0.717) is 23.0 Å². The highest BCUT2D eigenvalue weighted by Gasteiger charge is 2.19. The number of aromatic nitrogens is 2. The minimum atomic E-state index is -0.713. The van der Waals surface area contributed by atoms with Gasteiger partial charge in [0.15, 0.2) is 11.4 Å². The van der Waals surface area contributed by atoms with Gasteiger partial charge in [0, 0.05) is 17.3 Å². The van der Waals surface area contributed by atoms with Crippen molar-refractivity contribution in [2.24, 2.45) is 0 Å². The number of carbonyl (C=O) groups excluding carboxylic acids is 1. The third-order valence-corrected chi connectivity index (χ3v) is 3.76. The van der Waals surface area contributed by atoms with E-state index in [1.54, 1.807) is 25.3 Å². The van der Waals surface area contributed by atoms with Crippen LogP contribution in [0.1, 0.15) is 41.2 Å². The average molecular weight is 356 g/mol. The molecule has 0 spiro atoms. The fourth-order valence-corrected chi connectivity index (χ4v) is 2.54. The van der Waals surface area contributed by atoms with Crippen molar-refractivity contribution in [1.29, 1.82) is 0 Å². The van der Waals surface area contributed by atoms with Gasteiger partial charge in [0.25, 0.3) is 0 Å². The van der Waals surface area contributed by atoms with Gasteiger partial charge >= 0.3 is 5.97 Å². The second-order valence-corrected chi connectivity index (χ2v) is 5.43. The molecule has 5 nitrogen and oxygen atoms in total. The molecule has 0 saturated carbocycles. The Morgan fingerprint density at radius 3 is 2.46 bits per heavy atom. The number of carbonyl (C=O) groups is 1. The Hall–Kier alpha value is -3.02. The molecule has 0 radical (unpaired) electrons. The van der Waals surface area contributed by atoms with Gasteiger partial charge in [0.1, 0.15) is 11.3 Å². The Kier molecular flexibility index (Phi) is 6.22. The SMILES string of the molecule is CC.COC(=O)c1nc(C)c2cc(Cc3ccc(F)cc3)cnc2c1O. The van der Waals surface area contributed by atoms with E-state index in [1.165, 1.54) is 19.2 Å². The molecular weight excluding hydrogens is 335 g/mol. The van der Waals surface area contributed by atoms with Crippen LogP contribution in [-0.4, -0.2) is 28.2 Å². The maximum Gasteiger partial charge on any atom is 0.360 e. The second-order valence-electron chi connectivity index (χ2n) is 5.43. The van der Waals surface area contributed by atoms with Crippen molar-refractivity contribution in [3.05, 3.63) is 64.9 Å². The van der Waals surface area contributed by atoms with Crippen LogP contribution in [0.4, 0.5) is 4.39 Å². The number of fused-ring (bicyclic) bond motifs is 1. The summed E-state index contributed by atoms with van der Waals surface area (Å²) in [5.74, 6) is -1.29. The quantitative estimate of drug-likeness (QED) is 0.713. The number of methoxy groups -OCH3 is 1. The maximum atomic E-state index is 13.0. The van der Waals surface area contributed by atoms with E-state index in [1.807, 2.05) is 19.9 Å². The number of aryl methyl sites for hydroxylation is 1. The van der Waals surface area contributed by atoms with Crippen LogP contribution in [0.25, 0.3) is 10.9 Å². The van der Waals surface area contributed by atoms with Crippen molar-refractivity contribution in [3.8, 4) is 5.75 Å². The van der Waals surface area contributed by atoms with E-state index in [4.69, 9.17) is 0 Å². The van der Waals surface area contributed by atoms with Gasteiger partial charge < -0.3 is 9.84 Å². The topological polar surface area (TPSA) is 72.3 Å². The lowest BCUT2D eigenvalue weighted by Gasteiger charge is -2.09. The van der Waals surface area contributed by atoms with Crippen LogP contribution in [0.2, 0.25) is 0 Å². The van der Waals surface area contributed by atoms with Gasteiger partial charge in [-0.15, -0.1) is 0 Å². The number of esters is 1. The highest BCUT2D eigenvalue weighted by molar-refractivity contribution is 5.98. The summed E-state index contributed by atoms with van der Waals surface area (Å²) in [7, 11) is 1.22. The molecule has 0 unspecified atom stereocenters. The van der Waals surface area contributed by atoms with Crippen molar-refractivity contribution in [2.45, 2.75) is 27.2 Å². The molecule has 3 rings (SSSR count). The Labute approximate surface area is 151 Å². The average Bonchev–Trinajstić information content (AvgIpc) is 2.67. The van der Waals surface area contributed by atoms with Gasteiger partial charge in [0.05, 0.1) is 7.11 Å². The van der Waals surface area contributed by atoms with Crippen LogP contribution in [0, 0.1) is 12.7 Å². The highest BCUT2D eigenvalue weighted by atomic mass is 19.1. The van der Waals surface area contributed by atoms with Gasteiger partial charge in [-0.05, 0) is 42.7 Å². The summed E-state index contributed by atoms with van der Waals surface area (Å²) in [6.45, 7) is 5.73. The molecule has 2 aromatic heterocycles. The predicted octanol–water partition coefficient (Wildman–Crippen LogP) is 4.19. The van der Waals surface area contributed by atoms with Gasteiger partial charge in [-0.2, -0.15) is 0 Å². The van der Waals surface area contributed by atoms with Crippen LogP contribution < -0.4 is 0 Å². The van der Waals surface area contributed by atoms with E-state index < -0.39 is 5.97 Å². The molecule has 3 aromatic rings. The minimum Gasteiger partial charge on any atom is -0.504 e. The number of halogens is 1. The third-order valence-electron chi connectivity index (χ3n) is 3.76. The standard InChI is InChI=1S/C18H15FN2O3.C2H6/c1-10-14-8-12(7-11-3-5-13(19)6-4-11)9-20-15(14)17(22)16(21-10)18(23)24-2;1-2/h3-6,8-9,22H,7H2,1-2H3;1-2H3. The normalized spacial score (nSPS) is 10.2. The molecule has 1 aromatic carbocycles. The Morgan fingerprint density at radius 2 is 1.85 bits per heavy atom. The molecule has 0 fully saturated rings. The molecule has 1 N–H and O–H groups in total. The fraction of sp³-hybridized carbons (Fsp3) is 0.250. The first-order valence-corrected chi connectivity index (χ1v) is 8.30. The number of nitrogens with zero attached hydrogens (tertiary/aromatic N) is 2. The van der Waals surface area contributed by atoms with E-state index in [-0.39, 0.29) is 17.3 Å². The number of ether oxygens (including phenoxy) is 1. The first-order chi connectivity index (χ1) is 12.5. The summed E-state index contributed by atoms with van der Waals surface area (Å²) in [4.78, 5) is 20.0. The van der Waals surface area contributed by atoms with Gasteiger partial charge in [-0.1, -0.05) is 26.0 Å². The van der Waals surface area contributed by atoms with E-state index in [9.17, 15) is 14.3 Å². The highest BCUT2D eigenvalue weighted by Crippen LogP contribution is 2.29. The Bertz CT molecular complexity index is 924. The molecule has 0 amide bonds. The van der Waals surface area contributed by atoms with Crippen molar-refractivity contribution >= 4 is 16.9 Å². The van der Waals surface area contributed by atoms with Crippen molar-refractivity contribution in [2.75, 3.05) is 7.11 Å². The minimum absolute atomic E-state index is 0.152. The summed E-state index contributed by atoms with van der Waals surface area (Å²) in [6.07, 6.45) is 2.19. The molecule has 136 valence electrons. The number of rotatable bonds is 3. The smallest absolute Gasteiger partial charge is 0.360 e. The number of pyridine rings is 2. The maximum absolute atomic E-state index is 13.0. The third kappa shape index (κ3) is 3.96. The summed E-state index contributed by atoms with van der Waals surface area (Å²) in [5, 5.41) is 10.9. The first-order valence-electron chi connectivity index (χ1n) is 8.30. The fourth-order valence-electron chi connectivity index (χ4n) is 2.54. The van der Waals surface area contributed by atoms with E-state index >= 15 is 0 Å². The van der Waals surface area contributed by atoms with Gasteiger partial charge in [0.2, 0.25) is 0 Å². The number of benzene rings is 1. The van der Waals surface area contributed by atoms with Crippen molar-refractivity contribution in [3.63, 3.8) is 0 Å². The number of hydrogen-bond donors (Lipinski definition) is 1. The van der Waals surface area contributed by atoms with Crippen LogP contribution in [0.3, 0.4) is 0 Å².